The number of ether oxygens (including phenoxy) is 1. The zero-order valence-corrected chi connectivity index (χ0v) is 11.1. The summed E-state index contributed by atoms with van der Waals surface area (Å²) in [5.74, 6) is 0. The largest absolute Gasteiger partial charge is 0.389 e. The summed E-state index contributed by atoms with van der Waals surface area (Å²) in [7, 11) is -3.72. The van der Waals surface area contributed by atoms with Gasteiger partial charge in [-0.15, -0.1) is 0 Å². The Balaban J connectivity index is 2.19. The van der Waals surface area contributed by atoms with Gasteiger partial charge in [0, 0.05) is 6.61 Å². The second-order valence-electron chi connectivity index (χ2n) is 4.09. The fourth-order valence-electron chi connectivity index (χ4n) is 1.79. The highest BCUT2D eigenvalue weighted by molar-refractivity contribution is 7.89. The molecule has 0 spiro atoms. The van der Waals surface area contributed by atoms with Crippen molar-refractivity contribution in [1.29, 1.82) is 0 Å². The predicted octanol–water partition coefficient (Wildman–Crippen LogP) is 0.768. The maximum absolute atomic E-state index is 12.1. The van der Waals surface area contributed by atoms with Crippen LogP contribution >= 0.6 is 11.6 Å². The van der Waals surface area contributed by atoms with E-state index in [0.717, 1.165) is 0 Å². The summed E-state index contributed by atoms with van der Waals surface area (Å²) in [6.45, 7) is 0.558. The lowest BCUT2D eigenvalue weighted by Crippen LogP contribution is -2.48. The quantitative estimate of drug-likeness (QED) is 0.862. The molecule has 0 unspecified atom stereocenters. The first-order valence-corrected chi connectivity index (χ1v) is 7.39. The van der Waals surface area contributed by atoms with Crippen LogP contribution in [0.3, 0.4) is 0 Å². The summed E-state index contributed by atoms with van der Waals surface area (Å²) >= 11 is 5.86. The van der Waals surface area contributed by atoms with Gasteiger partial charge in [-0.25, -0.2) is 13.1 Å². The van der Waals surface area contributed by atoms with Gasteiger partial charge >= 0.3 is 0 Å². The molecule has 1 aromatic rings. The van der Waals surface area contributed by atoms with Crippen molar-refractivity contribution in [3.05, 3.63) is 29.3 Å². The van der Waals surface area contributed by atoms with Crippen molar-refractivity contribution in [3.8, 4) is 0 Å². The van der Waals surface area contributed by atoms with Crippen LogP contribution in [-0.2, 0) is 14.8 Å². The predicted molar refractivity (Wildman–Crippen MR) is 67.0 cm³/mol. The Hall–Kier alpha value is -0.660. The maximum Gasteiger partial charge on any atom is 0.242 e. The lowest BCUT2D eigenvalue weighted by molar-refractivity contribution is -0.0222. The van der Waals surface area contributed by atoms with Crippen LogP contribution < -0.4 is 4.72 Å². The minimum Gasteiger partial charge on any atom is -0.389 e. The number of halogens is 1. The minimum absolute atomic E-state index is 0.0189. The summed E-state index contributed by atoms with van der Waals surface area (Å²) < 4.78 is 31.7. The van der Waals surface area contributed by atoms with E-state index in [1.807, 2.05) is 0 Å². The summed E-state index contributed by atoms with van der Waals surface area (Å²) in [4.78, 5) is 0.0189. The first-order chi connectivity index (χ1) is 8.50. The van der Waals surface area contributed by atoms with Crippen LogP contribution in [0.15, 0.2) is 29.2 Å². The van der Waals surface area contributed by atoms with Gasteiger partial charge in [-0.1, -0.05) is 23.7 Å². The molecule has 0 bridgehead atoms. The number of sulfonamides is 1. The van der Waals surface area contributed by atoms with Crippen molar-refractivity contribution in [1.82, 2.24) is 4.72 Å². The molecule has 0 aliphatic carbocycles. The molecule has 1 aliphatic heterocycles. The zero-order chi connectivity index (χ0) is 13.2. The van der Waals surface area contributed by atoms with Gasteiger partial charge in [-0.2, -0.15) is 0 Å². The monoisotopic (exact) mass is 291 g/mol. The summed E-state index contributed by atoms with van der Waals surface area (Å²) in [6.07, 6.45) is -0.402. The van der Waals surface area contributed by atoms with Crippen LogP contribution in [0.2, 0.25) is 5.02 Å². The summed E-state index contributed by atoms with van der Waals surface area (Å²) in [6, 6.07) is 5.65. The van der Waals surface area contributed by atoms with E-state index in [1.165, 1.54) is 12.1 Å². The number of rotatable bonds is 3. The Morgan fingerprint density at radius 3 is 2.78 bits per heavy atom. The molecule has 100 valence electrons. The number of hydrogen-bond donors (Lipinski definition) is 2. The number of benzene rings is 1. The Morgan fingerprint density at radius 1 is 1.39 bits per heavy atom. The summed E-state index contributed by atoms with van der Waals surface area (Å²) in [5.41, 5.74) is 0. The smallest absolute Gasteiger partial charge is 0.242 e. The fraction of sp³-hybridized carbons (Fsp3) is 0.455. The van der Waals surface area contributed by atoms with Gasteiger partial charge in [-0.3, -0.25) is 0 Å². The fourth-order valence-corrected chi connectivity index (χ4v) is 3.61. The Morgan fingerprint density at radius 2 is 2.11 bits per heavy atom. The third-order valence-corrected chi connectivity index (χ3v) is 4.75. The molecule has 0 aromatic heterocycles. The van der Waals surface area contributed by atoms with Crippen molar-refractivity contribution >= 4 is 21.6 Å². The van der Waals surface area contributed by atoms with Gasteiger partial charge in [0.2, 0.25) is 10.0 Å². The molecule has 5 nitrogen and oxygen atoms in total. The first kappa shape index (κ1) is 13.8. The Kier molecular flexibility index (Phi) is 4.24. The second kappa shape index (κ2) is 5.54. The third-order valence-electron chi connectivity index (χ3n) is 2.76. The normalized spacial score (nSPS) is 25.0. The van der Waals surface area contributed by atoms with Crippen LogP contribution in [0.4, 0.5) is 0 Å². The van der Waals surface area contributed by atoms with Crippen molar-refractivity contribution in [3.63, 3.8) is 0 Å². The topological polar surface area (TPSA) is 75.6 Å². The van der Waals surface area contributed by atoms with Crippen LogP contribution in [0.1, 0.15) is 6.42 Å². The number of hydrogen-bond acceptors (Lipinski definition) is 4. The molecule has 1 heterocycles. The van der Waals surface area contributed by atoms with Crippen molar-refractivity contribution in [2.45, 2.75) is 23.5 Å². The van der Waals surface area contributed by atoms with Gasteiger partial charge in [0.05, 0.1) is 23.8 Å². The number of aliphatic hydroxyl groups is 1. The molecule has 2 N–H and O–H groups in total. The SMILES string of the molecule is O=S(=O)(N[C@@H]1CCOC[C@H]1O)c1ccccc1Cl. The van der Waals surface area contributed by atoms with Crippen LogP contribution in [0.5, 0.6) is 0 Å². The van der Waals surface area contributed by atoms with E-state index in [0.29, 0.717) is 13.0 Å². The average molecular weight is 292 g/mol. The highest BCUT2D eigenvalue weighted by Crippen LogP contribution is 2.21. The minimum atomic E-state index is -3.72. The molecule has 18 heavy (non-hydrogen) atoms. The lowest BCUT2D eigenvalue weighted by atomic mass is 10.1. The molecule has 0 radical (unpaired) electrons. The molecular formula is C11H14ClNO4S. The van der Waals surface area contributed by atoms with Gasteiger partial charge < -0.3 is 9.84 Å². The molecule has 0 amide bonds. The molecule has 0 saturated carbocycles. The van der Waals surface area contributed by atoms with E-state index in [-0.39, 0.29) is 16.5 Å². The number of aliphatic hydroxyl groups excluding tert-OH is 1. The third kappa shape index (κ3) is 3.02. The molecule has 7 heteroatoms. The van der Waals surface area contributed by atoms with E-state index < -0.39 is 22.2 Å². The molecule has 1 saturated heterocycles. The van der Waals surface area contributed by atoms with E-state index in [9.17, 15) is 13.5 Å². The average Bonchev–Trinajstić information content (AvgIpc) is 2.32. The lowest BCUT2D eigenvalue weighted by Gasteiger charge is -2.28. The van der Waals surface area contributed by atoms with Crippen LogP contribution in [0.25, 0.3) is 0 Å². The van der Waals surface area contributed by atoms with Crippen LogP contribution in [-0.4, -0.2) is 38.9 Å². The zero-order valence-electron chi connectivity index (χ0n) is 9.54. The van der Waals surface area contributed by atoms with Crippen molar-refractivity contribution in [2.75, 3.05) is 13.2 Å². The van der Waals surface area contributed by atoms with E-state index in [4.69, 9.17) is 16.3 Å². The van der Waals surface area contributed by atoms with E-state index >= 15 is 0 Å². The second-order valence-corrected chi connectivity index (χ2v) is 6.18. The highest BCUT2D eigenvalue weighted by atomic mass is 35.5. The maximum atomic E-state index is 12.1. The van der Waals surface area contributed by atoms with Gasteiger partial charge in [0.15, 0.2) is 0 Å². The van der Waals surface area contributed by atoms with Crippen molar-refractivity contribution < 1.29 is 18.3 Å². The molecule has 2 atom stereocenters. The van der Waals surface area contributed by atoms with Gasteiger partial charge in [0.25, 0.3) is 0 Å². The summed E-state index contributed by atoms with van der Waals surface area (Å²) in [5, 5.41) is 9.82. The molecule has 2 rings (SSSR count). The van der Waals surface area contributed by atoms with Crippen LogP contribution in [0, 0.1) is 0 Å². The molecular weight excluding hydrogens is 278 g/mol. The molecule has 1 aliphatic rings. The van der Waals surface area contributed by atoms with Gasteiger partial charge in [0.1, 0.15) is 4.90 Å². The highest BCUT2D eigenvalue weighted by Gasteiger charge is 2.29. The first-order valence-electron chi connectivity index (χ1n) is 5.53. The van der Waals surface area contributed by atoms with E-state index in [1.54, 1.807) is 12.1 Å². The van der Waals surface area contributed by atoms with Gasteiger partial charge in [-0.05, 0) is 18.6 Å². The van der Waals surface area contributed by atoms with Crippen molar-refractivity contribution in [2.24, 2.45) is 0 Å². The Labute approximate surface area is 111 Å². The molecule has 1 fully saturated rings. The standard InChI is InChI=1S/C11H14ClNO4S/c12-8-3-1-2-4-11(8)18(15,16)13-9-5-6-17-7-10(9)14/h1-4,9-10,13-14H,5-7H2/t9-,10-/m1/s1. The Bertz CT molecular complexity index is 520. The molecule has 1 aromatic carbocycles. The number of nitrogens with one attached hydrogen (secondary N) is 1. The van der Waals surface area contributed by atoms with E-state index in [2.05, 4.69) is 4.72 Å².